The van der Waals surface area contributed by atoms with Crippen molar-refractivity contribution in [2.24, 2.45) is 0 Å². The van der Waals surface area contributed by atoms with Gasteiger partial charge in [0.1, 0.15) is 0 Å². The molecule has 0 saturated heterocycles. The summed E-state index contributed by atoms with van der Waals surface area (Å²) in [5.41, 5.74) is 2.28. The molecular formula is C27H34F3NO2. The van der Waals surface area contributed by atoms with Crippen molar-refractivity contribution in [3.05, 3.63) is 70.8 Å². The Kier molecular flexibility index (Phi) is 12.0. The number of nitrogens with one attached hydrogen (secondary N) is 1. The highest BCUT2D eigenvalue weighted by Crippen LogP contribution is 2.29. The molecule has 0 bridgehead atoms. The Balaban J connectivity index is 1.58. The lowest BCUT2D eigenvalue weighted by Gasteiger charge is -2.08. The number of ether oxygens (including phenoxy) is 1. The molecule has 0 radical (unpaired) electrons. The summed E-state index contributed by atoms with van der Waals surface area (Å²) in [4.78, 5) is 0. The fraction of sp³-hybridized carbons (Fsp3) is 0.481. The number of halogens is 3. The molecule has 2 rings (SSSR count). The van der Waals surface area contributed by atoms with Crippen LogP contribution in [0.2, 0.25) is 0 Å². The van der Waals surface area contributed by atoms with Gasteiger partial charge in [-0.05, 0) is 54.7 Å². The highest BCUT2D eigenvalue weighted by Gasteiger charge is 2.29. The van der Waals surface area contributed by atoms with Crippen LogP contribution in [0, 0.1) is 11.8 Å². The van der Waals surface area contributed by atoms with Crippen molar-refractivity contribution in [1.82, 2.24) is 5.32 Å². The van der Waals surface area contributed by atoms with Gasteiger partial charge in [0.15, 0.2) is 6.29 Å². The third kappa shape index (κ3) is 11.4. The summed E-state index contributed by atoms with van der Waals surface area (Å²) in [5, 5.41) is 12.6. The Bertz CT molecular complexity index is 852. The van der Waals surface area contributed by atoms with Gasteiger partial charge in [0.2, 0.25) is 0 Å². The van der Waals surface area contributed by atoms with E-state index in [0.717, 1.165) is 54.5 Å². The second kappa shape index (κ2) is 14.7. The van der Waals surface area contributed by atoms with Crippen LogP contribution in [0.1, 0.15) is 73.6 Å². The highest BCUT2D eigenvalue weighted by molar-refractivity contribution is 5.36. The lowest BCUT2D eigenvalue weighted by Crippen LogP contribution is -2.13. The number of aliphatic hydroxyl groups is 1. The topological polar surface area (TPSA) is 41.5 Å². The van der Waals surface area contributed by atoms with E-state index in [-0.39, 0.29) is 0 Å². The third-order valence-corrected chi connectivity index (χ3v) is 5.40. The maximum absolute atomic E-state index is 12.6. The number of hydrogen-bond donors (Lipinski definition) is 2. The second-order valence-electron chi connectivity index (χ2n) is 8.15. The van der Waals surface area contributed by atoms with Crippen molar-refractivity contribution < 1.29 is 23.0 Å². The van der Waals surface area contributed by atoms with Crippen LogP contribution < -0.4 is 5.32 Å². The summed E-state index contributed by atoms with van der Waals surface area (Å²) in [5.74, 6) is 6.43. The van der Waals surface area contributed by atoms with Crippen molar-refractivity contribution in [2.75, 3.05) is 7.11 Å². The molecule has 0 fully saturated rings. The molecule has 0 spiro atoms. The summed E-state index contributed by atoms with van der Waals surface area (Å²) < 4.78 is 42.6. The Labute approximate surface area is 195 Å². The molecule has 2 aromatic carbocycles. The maximum Gasteiger partial charge on any atom is 0.416 e. The van der Waals surface area contributed by atoms with E-state index in [2.05, 4.69) is 17.2 Å². The van der Waals surface area contributed by atoms with E-state index in [4.69, 9.17) is 4.74 Å². The molecule has 0 amide bonds. The first kappa shape index (κ1) is 26.9. The number of rotatable bonds is 13. The summed E-state index contributed by atoms with van der Waals surface area (Å²) in [6.45, 7) is 1.15. The van der Waals surface area contributed by atoms with Crippen molar-refractivity contribution in [2.45, 2.75) is 76.9 Å². The zero-order valence-corrected chi connectivity index (χ0v) is 19.3. The number of hydrogen-bond acceptors (Lipinski definition) is 3. The first-order valence-electron chi connectivity index (χ1n) is 11.5. The number of unbranched alkanes of at least 4 members (excludes halogenated alkanes) is 6. The second-order valence-corrected chi connectivity index (χ2v) is 8.15. The first-order chi connectivity index (χ1) is 15.9. The van der Waals surface area contributed by atoms with Crippen LogP contribution in [-0.2, 0) is 24.0 Å². The van der Waals surface area contributed by atoms with E-state index >= 15 is 0 Å². The zero-order chi connectivity index (χ0) is 23.9. The van der Waals surface area contributed by atoms with Crippen LogP contribution in [0.5, 0.6) is 0 Å². The van der Waals surface area contributed by atoms with Gasteiger partial charge in [-0.3, -0.25) is 0 Å². The fourth-order valence-corrected chi connectivity index (χ4v) is 3.39. The van der Waals surface area contributed by atoms with Crippen LogP contribution in [0.3, 0.4) is 0 Å². The van der Waals surface area contributed by atoms with Crippen molar-refractivity contribution in [1.29, 1.82) is 0 Å². The first-order valence-corrected chi connectivity index (χ1v) is 11.5. The van der Waals surface area contributed by atoms with E-state index in [1.807, 2.05) is 24.3 Å². The minimum absolute atomic E-state index is 0.509. The van der Waals surface area contributed by atoms with Gasteiger partial charge in [0.25, 0.3) is 0 Å². The van der Waals surface area contributed by atoms with Gasteiger partial charge in [-0.15, -0.1) is 0 Å². The van der Waals surface area contributed by atoms with Gasteiger partial charge in [0.05, 0.1) is 5.56 Å². The molecule has 3 nitrogen and oxygen atoms in total. The van der Waals surface area contributed by atoms with Gasteiger partial charge in [-0.2, -0.15) is 13.2 Å². The van der Waals surface area contributed by atoms with Crippen molar-refractivity contribution in [3.8, 4) is 11.8 Å². The predicted molar refractivity (Wildman–Crippen MR) is 125 cm³/mol. The molecular weight excluding hydrogens is 427 g/mol. The standard InChI is InChI=1S/C27H34F3NO2/c1-33-26(32)11-9-7-5-3-2-4-6-8-10-22-12-14-23(15-13-22)20-31-21-24-16-18-25(19-17-24)27(28,29)30/h12-19,26,31-32H,2-7,9,11,20-21H2,1H3. The van der Waals surface area contributed by atoms with E-state index in [9.17, 15) is 18.3 Å². The molecule has 2 aromatic rings. The third-order valence-electron chi connectivity index (χ3n) is 5.40. The van der Waals surface area contributed by atoms with Crippen molar-refractivity contribution in [3.63, 3.8) is 0 Å². The van der Waals surface area contributed by atoms with Gasteiger partial charge < -0.3 is 15.2 Å². The lowest BCUT2D eigenvalue weighted by molar-refractivity contribution is -0.137. The maximum atomic E-state index is 12.6. The lowest BCUT2D eigenvalue weighted by atomic mass is 10.1. The van der Waals surface area contributed by atoms with Crippen LogP contribution in [0.25, 0.3) is 0 Å². The molecule has 1 unspecified atom stereocenters. The van der Waals surface area contributed by atoms with Crippen molar-refractivity contribution >= 4 is 0 Å². The van der Waals surface area contributed by atoms with E-state index < -0.39 is 18.0 Å². The average Bonchev–Trinajstić information content (AvgIpc) is 2.80. The largest absolute Gasteiger partial charge is 0.416 e. The number of alkyl halides is 3. The summed E-state index contributed by atoms with van der Waals surface area (Å²) in [7, 11) is 1.52. The Morgan fingerprint density at radius 2 is 1.39 bits per heavy atom. The Morgan fingerprint density at radius 3 is 1.97 bits per heavy atom. The molecule has 0 saturated carbocycles. The van der Waals surface area contributed by atoms with E-state index in [1.54, 1.807) is 0 Å². The molecule has 6 heteroatoms. The molecule has 0 aromatic heterocycles. The van der Waals surface area contributed by atoms with E-state index in [0.29, 0.717) is 19.5 Å². The molecule has 180 valence electrons. The molecule has 0 aliphatic rings. The quantitative estimate of drug-likeness (QED) is 0.205. The minimum Gasteiger partial charge on any atom is -0.368 e. The van der Waals surface area contributed by atoms with Gasteiger partial charge in [0, 0.05) is 32.2 Å². The van der Waals surface area contributed by atoms with Gasteiger partial charge in [-0.1, -0.05) is 61.8 Å². The molecule has 0 aliphatic carbocycles. The van der Waals surface area contributed by atoms with Gasteiger partial charge in [-0.25, -0.2) is 0 Å². The Morgan fingerprint density at radius 1 is 0.848 bits per heavy atom. The molecule has 0 heterocycles. The predicted octanol–water partition coefficient (Wildman–Crippen LogP) is 6.43. The smallest absolute Gasteiger partial charge is 0.368 e. The van der Waals surface area contributed by atoms with Gasteiger partial charge >= 0.3 is 6.18 Å². The highest BCUT2D eigenvalue weighted by atomic mass is 19.4. The van der Waals surface area contributed by atoms with E-state index in [1.165, 1.54) is 38.5 Å². The minimum atomic E-state index is -4.30. The van der Waals surface area contributed by atoms with Crippen LogP contribution in [0.4, 0.5) is 13.2 Å². The van der Waals surface area contributed by atoms with Crippen LogP contribution in [-0.4, -0.2) is 18.5 Å². The van der Waals surface area contributed by atoms with Crippen LogP contribution >= 0.6 is 0 Å². The zero-order valence-electron chi connectivity index (χ0n) is 19.3. The molecule has 33 heavy (non-hydrogen) atoms. The molecule has 0 aliphatic heterocycles. The number of methoxy groups -OCH3 is 1. The van der Waals surface area contributed by atoms with Crippen LogP contribution in [0.15, 0.2) is 48.5 Å². The normalized spacial score (nSPS) is 12.3. The SMILES string of the molecule is COC(O)CCCCCCCCC#Cc1ccc(CNCc2ccc(C(F)(F)F)cc2)cc1. The monoisotopic (exact) mass is 461 g/mol. The summed E-state index contributed by atoms with van der Waals surface area (Å²) in [6.07, 6.45) is 3.43. The average molecular weight is 462 g/mol. The summed E-state index contributed by atoms with van der Waals surface area (Å²) in [6, 6.07) is 13.3. The fourth-order valence-electron chi connectivity index (χ4n) is 3.39. The summed E-state index contributed by atoms with van der Waals surface area (Å²) >= 11 is 0. The number of aliphatic hydroxyl groups excluding tert-OH is 1. The number of benzene rings is 2. The molecule has 2 N–H and O–H groups in total. The Hall–Kier alpha value is -2.33. The molecule has 1 atom stereocenters.